The highest BCUT2D eigenvalue weighted by Gasteiger charge is 1.97. The van der Waals surface area contributed by atoms with Gasteiger partial charge in [0.05, 0.1) is 0 Å². The van der Waals surface area contributed by atoms with Gasteiger partial charge in [-0.25, -0.2) is 0 Å². The molecule has 1 heterocycles. The van der Waals surface area contributed by atoms with Crippen molar-refractivity contribution in [1.82, 2.24) is 5.16 Å². The van der Waals surface area contributed by atoms with E-state index in [2.05, 4.69) is 5.16 Å². The second kappa shape index (κ2) is 3.95. The van der Waals surface area contributed by atoms with Crippen molar-refractivity contribution in [2.75, 3.05) is 0 Å². The van der Waals surface area contributed by atoms with Gasteiger partial charge in [-0.15, -0.1) is 0 Å². The third-order valence-corrected chi connectivity index (χ3v) is 1.44. The predicted molar refractivity (Wildman–Crippen MR) is 50.7 cm³/mol. The Hall–Kier alpha value is -1.25. The summed E-state index contributed by atoms with van der Waals surface area (Å²) in [5, 5.41) is 4.60. The predicted octanol–water partition coefficient (Wildman–Crippen LogP) is 1.65. The lowest BCUT2D eigenvalue weighted by atomic mass is 9.93. The molecule has 60 valence electrons. The lowest BCUT2D eigenvalue weighted by Gasteiger charge is -1.89. The van der Waals surface area contributed by atoms with Crippen LogP contribution in [0, 0.1) is 0 Å². The van der Waals surface area contributed by atoms with Crippen LogP contribution in [0.15, 0.2) is 29.0 Å². The summed E-state index contributed by atoms with van der Waals surface area (Å²) in [5.41, 5.74) is 1.51. The van der Waals surface area contributed by atoms with Gasteiger partial charge in [-0.1, -0.05) is 36.6 Å². The topological polar surface area (TPSA) is 26.0 Å². The molecule has 3 heteroatoms. The van der Waals surface area contributed by atoms with E-state index in [9.17, 15) is 0 Å². The van der Waals surface area contributed by atoms with E-state index >= 15 is 0 Å². The summed E-state index contributed by atoms with van der Waals surface area (Å²) in [5.74, 6) is 0. The third kappa shape index (κ3) is 1.50. The molecular formula is C9H10BNO. The van der Waals surface area contributed by atoms with Crippen LogP contribution in [-0.4, -0.2) is 13.0 Å². The molecule has 0 unspecified atom stereocenters. The summed E-state index contributed by atoms with van der Waals surface area (Å²) in [6.07, 6.45) is 1.55. The molecule has 0 atom stereocenters. The molecule has 0 bridgehead atoms. The molecule has 2 rings (SSSR count). The maximum atomic E-state index is 5.60. The highest BCUT2D eigenvalue weighted by molar-refractivity contribution is 6.38. The van der Waals surface area contributed by atoms with Crippen molar-refractivity contribution in [3.8, 4) is 0 Å². The van der Waals surface area contributed by atoms with Crippen molar-refractivity contribution in [2.24, 2.45) is 0 Å². The number of hydrogen-bond acceptors (Lipinski definition) is 2. The number of fused-ring (bicyclic) bond motifs is 1. The zero-order valence-corrected chi connectivity index (χ0v) is 7.24. The number of aromatic nitrogens is 1. The van der Waals surface area contributed by atoms with Crippen molar-refractivity contribution in [2.45, 2.75) is 13.8 Å². The second-order valence-electron chi connectivity index (χ2n) is 2.09. The van der Waals surface area contributed by atoms with E-state index in [1.54, 1.807) is 6.26 Å². The lowest BCUT2D eigenvalue weighted by molar-refractivity contribution is 0.428. The molecule has 2 nitrogen and oxygen atoms in total. The van der Waals surface area contributed by atoms with Gasteiger partial charge in [0.15, 0.2) is 0 Å². The smallest absolute Gasteiger partial charge is 0.131 e. The minimum atomic E-state index is 0.707. The molecule has 0 fully saturated rings. The average Bonchev–Trinajstić information content (AvgIpc) is 2.57. The van der Waals surface area contributed by atoms with E-state index in [1.807, 2.05) is 32.0 Å². The van der Waals surface area contributed by atoms with Crippen molar-refractivity contribution in [3.63, 3.8) is 0 Å². The average molecular weight is 159 g/mol. The van der Waals surface area contributed by atoms with Crippen LogP contribution >= 0.6 is 0 Å². The Balaban J connectivity index is 0.000000336. The summed E-state index contributed by atoms with van der Waals surface area (Å²) in [4.78, 5) is 0. The van der Waals surface area contributed by atoms with Crippen LogP contribution in [0.25, 0.3) is 10.9 Å². The first kappa shape index (κ1) is 8.85. The van der Waals surface area contributed by atoms with Crippen molar-refractivity contribution >= 4 is 24.2 Å². The van der Waals surface area contributed by atoms with Crippen LogP contribution in [-0.2, 0) is 0 Å². The molecular weight excluding hydrogens is 149 g/mol. The molecule has 12 heavy (non-hydrogen) atoms. The highest BCUT2D eigenvalue weighted by atomic mass is 16.5. The number of nitrogens with zero attached hydrogens (tertiary/aromatic N) is 1. The minimum Gasteiger partial charge on any atom is -0.364 e. The largest absolute Gasteiger partial charge is 0.364 e. The second-order valence-corrected chi connectivity index (χ2v) is 2.09. The van der Waals surface area contributed by atoms with E-state index in [1.165, 1.54) is 0 Å². The first-order valence-corrected chi connectivity index (χ1v) is 3.96. The highest BCUT2D eigenvalue weighted by Crippen LogP contribution is 2.06. The Morgan fingerprint density at radius 3 is 2.75 bits per heavy atom. The van der Waals surface area contributed by atoms with Crippen LogP contribution in [0.5, 0.6) is 0 Å². The van der Waals surface area contributed by atoms with Crippen LogP contribution in [0.1, 0.15) is 13.8 Å². The Morgan fingerprint density at radius 1 is 1.33 bits per heavy atom. The van der Waals surface area contributed by atoms with E-state index < -0.39 is 0 Å². The Labute approximate surface area is 73.0 Å². The SMILES string of the molecule is CC.[B]c1cccc2nocc12. The third-order valence-electron chi connectivity index (χ3n) is 1.44. The standard InChI is InChI=1S/C7H4BNO.C2H6/c8-6-2-1-3-7-5(6)4-10-9-7;1-2/h1-4H;1-2H3. The van der Waals surface area contributed by atoms with Gasteiger partial charge < -0.3 is 4.52 Å². The first-order valence-electron chi connectivity index (χ1n) is 3.96. The van der Waals surface area contributed by atoms with E-state index in [4.69, 9.17) is 12.4 Å². The van der Waals surface area contributed by atoms with Crippen LogP contribution < -0.4 is 5.46 Å². The van der Waals surface area contributed by atoms with Crippen LogP contribution in [0.3, 0.4) is 0 Å². The number of rotatable bonds is 0. The fraction of sp³-hybridized carbons (Fsp3) is 0.222. The molecule has 1 aromatic carbocycles. The van der Waals surface area contributed by atoms with Crippen LogP contribution in [0.4, 0.5) is 0 Å². The summed E-state index contributed by atoms with van der Waals surface area (Å²) in [7, 11) is 5.60. The molecule has 0 aliphatic rings. The molecule has 0 N–H and O–H groups in total. The van der Waals surface area contributed by atoms with Gasteiger partial charge in [0.2, 0.25) is 0 Å². The summed E-state index contributed by atoms with van der Waals surface area (Å²) in [6.45, 7) is 4.00. The van der Waals surface area contributed by atoms with Crippen molar-refractivity contribution < 1.29 is 4.52 Å². The normalized spacial score (nSPS) is 9.17. The first-order chi connectivity index (χ1) is 5.88. The van der Waals surface area contributed by atoms with Crippen molar-refractivity contribution in [3.05, 3.63) is 24.5 Å². The van der Waals surface area contributed by atoms with Gasteiger partial charge in [0, 0.05) is 5.39 Å². The minimum absolute atomic E-state index is 0.707. The van der Waals surface area contributed by atoms with Gasteiger partial charge in [-0.3, -0.25) is 0 Å². The Morgan fingerprint density at radius 2 is 2.08 bits per heavy atom. The molecule has 0 saturated heterocycles. The van der Waals surface area contributed by atoms with Gasteiger partial charge in [-0.05, 0) is 6.07 Å². The number of hydrogen-bond donors (Lipinski definition) is 0. The molecule has 0 saturated carbocycles. The van der Waals surface area contributed by atoms with E-state index in [0.29, 0.717) is 5.46 Å². The summed E-state index contributed by atoms with van der Waals surface area (Å²) >= 11 is 0. The van der Waals surface area contributed by atoms with Gasteiger partial charge in [0.25, 0.3) is 0 Å². The maximum absolute atomic E-state index is 5.60. The molecule has 0 aliphatic heterocycles. The molecule has 2 radical (unpaired) electrons. The van der Waals surface area contributed by atoms with Crippen molar-refractivity contribution in [1.29, 1.82) is 0 Å². The fourth-order valence-electron chi connectivity index (χ4n) is 0.914. The molecule has 0 aliphatic carbocycles. The van der Waals surface area contributed by atoms with E-state index in [0.717, 1.165) is 10.9 Å². The van der Waals surface area contributed by atoms with Gasteiger partial charge in [0.1, 0.15) is 19.6 Å². The molecule has 0 amide bonds. The molecule has 0 spiro atoms. The Bertz CT molecular complexity index is 356. The Kier molecular flexibility index (Phi) is 2.91. The van der Waals surface area contributed by atoms with Crippen LogP contribution in [0.2, 0.25) is 0 Å². The summed E-state index contributed by atoms with van der Waals surface area (Å²) in [6, 6.07) is 5.52. The molecule has 1 aromatic heterocycles. The zero-order valence-electron chi connectivity index (χ0n) is 7.24. The van der Waals surface area contributed by atoms with E-state index in [-0.39, 0.29) is 0 Å². The quantitative estimate of drug-likeness (QED) is 0.546. The van der Waals surface area contributed by atoms with Gasteiger partial charge in [-0.2, -0.15) is 0 Å². The molecule has 2 aromatic rings. The maximum Gasteiger partial charge on any atom is 0.131 e. The lowest BCUT2D eigenvalue weighted by Crippen LogP contribution is -2.00. The summed E-state index contributed by atoms with van der Waals surface area (Å²) < 4.78 is 4.72. The zero-order chi connectivity index (χ0) is 8.97. The van der Waals surface area contributed by atoms with Gasteiger partial charge >= 0.3 is 0 Å². The number of benzene rings is 1. The fourth-order valence-corrected chi connectivity index (χ4v) is 0.914. The monoisotopic (exact) mass is 159 g/mol.